The maximum atomic E-state index is 10.8. The first-order chi connectivity index (χ1) is 9.24. The molecule has 0 aromatic carbocycles. The van der Waals surface area contributed by atoms with E-state index in [0.717, 1.165) is 22.6 Å². The maximum absolute atomic E-state index is 10.8. The number of rotatable bonds is 3. The second-order valence-corrected chi connectivity index (χ2v) is 5.27. The molecule has 0 spiro atoms. The van der Waals surface area contributed by atoms with E-state index in [1.54, 1.807) is 17.7 Å². The number of aromatic nitrogens is 2. The van der Waals surface area contributed by atoms with Crippen LogP contribution in [0, 0.1) is 0 Å². The molecule has 0 saturated carbocycles. The van der Waals surface area contributed by atoms with Crippen LogP contribution in [-0.2, 0) is 9.53 Å². The van der Waals surface area contributed by atoms with Crippen molar-refractivity contribution in [3.05, 3.63) is 17.8 Å². The van der Waals surface area contributed by atoms with Gasteiger partial charge < -0.3 is 14.7 Å². The third kappa shape index (κ3) is 2.52. The second kappa shape index (κ2) is 5.10. The van der Waals surface area contributed by atoms with Crippen molar-refractivity contribution in [3.63, 3.8) is 0 Å². The summed E-state index contributed by atoms with van der Waals surface area (Å²) in [4.78, 5) is 22.3. The van der Waals surface area contributed by atoms with Gasteiger partial charge in [0.2, 0.25) is 0 Å². The van der Waals surface area contributed by atoms with E-state index in [4.69, 9.17) is 9.84 Å². The lowest BCUT2D eigenvalue weighted by atomic mass is 10.2. The number of aliphatic carboxylic acids is 1. The summed E-state index contributed by atoms with van der Waals surface area (Å²) in [6, 6.07) is 2.00. The van der Waals surface area contributed by atoms with Crippen molar-refractivity contribution < 1.29 is 14.6 Å². The molecule has 100 valence electrons. The van der Waals surface area contributed by atoms with Crippen LogP contribution in [0.25, 0.3) is 10.2 Å². The van der Waals surface area contributed by atoms with Crippen molar-refractivity contribution in [3.8, 4) is 0 Å². The van der Waals surface area contributed by atoms with Crippen molar-refractivity contribution in [2.75, 3.05) is 24.6 Å². The molecule has 0 aliphatic carbocycles. The first-order valence-corrected chi connectivity index (χ1v) is 6.88. The maximum Gasteiger partial charge on any atom is 0.306 e. The van der Waals surface area contributed by atoms with E-state index < -0.39 is 5.97 Å². The Hall–Kier alpha value is -1.73. The summed E-state index contributed by atoms with van der Waals surface area (Å²) in [5.41, 5.74) is 0. The number of carboxylic acids is 1. The zero-order valence-electron chi connectivity index (χ0n) is 10.2. The van der Waals surface area contributed by atoms with Crippen molar-refractivity contribution in [1.29, 1.82) is 0 Å². The lowest BCUT2D eigenvalue weighted by molar-refractivity contribution is -0.140. The fourth-order valence-electron chi connectivity index (χ4n) is 2.26. The van der Waals surface area contributed by atoms with Gasteiger partial charge in [0, 0.05) is 13.1 Å². The fraction of sp³-hybridized carbons (Fsp3) is 0.417. The van der Waals surface area contributed by atoms with Crippen molar-refractivity contribution in [2.24, 2.45) is 0 Å². The Balaban J connectivity index is 1.85. The van der Waals surface area contributed by atoms with E-state index in [0.29, 0.717) is 13.2 Å². The minimum absolute atomic E-state index is 0.0222. The molecule has 1 saturated heterocycles. The van der Waals surface area contributed by atoms with Crippen molar-refractivity contribution >= 4 is 33.3 Å². The zero-order valence-corrected chi connectivity index (χ0v) is 11.0. The van der Waals surface area contributed by atoms with Gasteiger partial charge in [-0.2, -0.15) is 0 Å². The number of nitrogens with zero attached hydrogens (tertiary/aromatic N) is 3. The molecule has 2 aromatic rings. The number of hydrogen-bond donors (Lipinski definition) is 1. The van der Waals surface area contributed by atoms with Gasteiger partial charge >= 0.3 is 5.97 Å². The van der Waals surface area contributed by atoms with Crippen LogP contribution in [0.1, 0.15) is 6.42 Å². The van der Waals surface area contributed by atoms with Gasteiger partial charge in [0.1, 0.15) is 17.0 Å². The van der Waals surface area contributed by atoms with Gasteiger partial charge in [-0.3, -0.25) is 4.79 Å². The average molecular weight is 279 g/mol. The number of hydrogen-bond acceptors (Lipinski definition) is 6. The fourth-order valence-corrected chi connectivity index (χ4v) is 2.99. The van der Waals surface area contributed by atoms with E-state index in [1.165, 1.54) is 0 Å². The van der Waals surface area contributed by atoms with Gasteiger partial charge in [-0.1, -0.05) is 0 Å². The Morgan fingerprint density at radius 3 is 3.32 bits per heavy atom. The number of thiophene rings is 1. The normalized spacial score (nSPS) is 19.8. The molecule has 0 radical (unpaired) electrons. The summed E-state index contributed by atoms with van der Waals surface area (Å²) in [5.74, 6) is 0.0279. The van der Waals surface area contributed by atoms with Crippen molar-refractivity contribution in [2.45, 2.75) is 12.5 Å². The van der Waals surface area contributed by atoms with E-state index in [1.807, 2.05) is 11.4 Å². The van der Waals surface area contributed by atoms with Crippen LogP contribution >= 0.6 is 11.3 Å². The van der Waals surface area contributed by atoms with Crippen LogP contribution in [0.15, 0.2) is 17.8 Å². The van der Waals surface area contributed by atoms with E-state index in [9.17, 15) is 4.79 Å². The Kier molecular flexibility index (Phi) is 3.31. The monoisotopic (exact) mass is 279 g/mol. The zero-order chi connectivity index (χ0) is 13.2. The number of carboxylic acid groups (broad SMARTS) is 1. The molecule has 1 fully saturated rings. The molecule has 3 rings (SSSR count). The molecular weight excluding hydrogens is 266 g/mol. The summed E-state index contributed by atoms with van der Waals surface area (Å²) in [6.07, 6.45) is 1.29. The number of anilines is 1. The quantitative estimate of drug-likeness (QED) is 0.914. The van der Waals surface area contributed by atoms with E-state index in [-0.39, 0.29) is 12.5 Å². The summed E-state index contributed by atoms with van der Waals surface area (Å²) < 4.78 is 5.47. The lowest BCUT2D eigenvalue weighted by Gasteiger charge is -2.33. The SMILES string of the molecule is O=C(O)CC1CN(c2ncnc3sccc23)CCO1. The predicted molar refractivity (Wildman–Crippen MR) is 71.6 cm³/mol. The van der Waals surface area contributed by atoms with Gasteiger partial charge in [0.05, 0.1) is 24.5 Å². The lowest BCUT2D eigenvalue weighted by Crippen LogP contribution is -2.43. The highest BCUT2D eigenvalue weighted by atomic mass is 32.1. The molecule has 0 amide bonds. The number of fused-ring (bicyclic) bond motifs is 1. The Morgan fingerprint density at radius 2 is 2.47 bits per heavy atom. The van der Waals surface area contributed by atoms with Gasteiger partial charge in [0.15, 0.2) is 0 Å². The molecule has 1 aliphatic heterocycles. The van der Waals surface area contributed by atoms with Crippen LogP contribution in [0.2, 0.25) is 0 Å². The van der Waals surface area contributed by atoms with Gasteiger partial charge in [-0.25, -0.2) is 9.97 Å². The second-order valence-electron chi connectivity index (χ2n) is 4.37. The summed E-state index contributed by atoms with van der Waals surface area (Å²) in [6.45, 7) is 1.79. The molecule has 1 aliphatic rings. The number of ether oxygens (including phenoxy) is 1. The molecule has 1 unspecified atom stereocenters. The molecule has 0 bridgehead atoms. The molecular formula is C12H13N3O3S. The third-order valence-electron chi connectivity index (χ3n) is 3.08. The van der Waals surface area contributed by atoms with Gasteiger partial charge in [0.25, 0.3) is 0 Å². The highest BCUT2D eigenvalue weighted by Crippen LogP contribution is 2.28. The molecule has 6 nitrogen and oxygen atoms in total. The van der Waals surface area contributed by atoms with Crippen LogP contribution in [0.5, 0.6) is 0 Å². The smallest absolute Gasteiger partial charge is 0.306 e. The molecule has 3 heterocycles. The van der Waals surface area contributed by atoms with Crippen LogP contribution < -0.4 is 4.90 Å². The Morgan fingerprint density at radius 1 is 1.58 bits per heavy atom. The predicted octanol–water partition coefficient (Wildman–Crippen LogP) is 1.37. The largest absolute Gasteiger partial charge is 0.481 e. The highest BCUT2D eigenvalue weighted by Gasteiger charge is 2.24. The van der Waals surface area contributed by atoms with Crippen LogP contribution in [0.3, 0.4) is 0 Å². The standard InChI is InChI=1S/C12H13N3O3S/c16-10(17)5-8-6-15(2-3-18-8)11-9-1-4-19-12(9)14-7-13-11/h1,4,7-8H,2-3,5-6H2,(H,16,17). The summed E-state index contributed by atoms with van der Waals surface area (Å²) in [5, 5.41) is 11.8. The van der Waals surface area contributed by atoms with E-state index in [2.05, 4.69) is 14.9 Å². The summed E-state index contributed by atoms with van der Waals surface area (Å²) in [7, 11) is 0. The first-order valence-electron chi connectivity index (χ1n) is 6.00. The van der Waals surface area contributed by atoms with Crippen LogP contribution in [0.4, 0.5) is 5.82 Å². The van der Waals surface area contributed by atoms with E-state index >= 15 is 0 Å². The Bertz CT molecular complexity index is 601. The third-order valence-corrected chi connectivity index (χ3v) is 3.90. The number of carbonyl (C=O) groups is 1. The van der Waals surface area contributed by atoms with Gasteiger partial charge in [-0.05, 0) is 11.4 Å². The topological polar surface area (TPSA) is 75.5 Å². The molecule has 19 heavy (non-hydrogen) atoms. The Labute approximate surface area is 113 Å². The molecule has 2 aromatic heterocycles. The minimum atomic E-state index is -0.838. The van der Waals surface area contributed by atoms with Crippen molar-refractivity contribution in [1.82, 2.24) is 9.97 Å². The van der Waals surface area contributed by atoms with Gasteiger partial charge in [-0.15, -0.1) is 11.3 Å². The molecule has 7 heteroatoms. The number of morpholine rings is 1. The highest BCUT2D eigenvalue weighted by molar-refractivity contribution is 7.16. The summed E-state index contributed by atoms with van der Waals surface area (Å²) >= 11 is 1.57. The minimum Gasteiger partial charge on any atom is -0.481 e. The first kappa shape index (κ1) is 12.3. The molecule has 1 N–H and O–H groups in total. The molecule has 1 atom stereocenters. The average Bonchev–Trinajstić information content (AvgIpc) is 2.86. The van der Waals surface area contributed by atoms with Crippen LogP contribution in [-0.4, -0.2) is 46.8 Å².